The number of hydrogen-bond donors (Lipinski definition) is 0. The average Bonchev–Trinajstić information content (AvgIpc) is 3.07. The Morgan fingerprint density at radius 2 is 0.886 bits per heavy atom. The number of fused-ring (bicyclic) bond motifs is 2. The van der Waals surface area contributed by atoms with Gasteiger partial charge in [0.25, 0.3) is 11.8 Å². The lowest BCUT2D eigenvalue weighted by atomic mass is 10.0. The molecule has 2 amide bonds. The molecule has 1 aliphatic heterocycles. The van der Waals surface area contributed by atoms with Gasteiger partial charge in [0, 0.05) is 57.0 Å². The van der Waals surface area contributed by atoms with Gasteiger partial charge in [0.05, 0.1) is 33.5 Å². The van der Waals surface area contributed by atoms with Gasteiger partial charge in [-0.3, -0.25) is 9.59 Å². The van der Waals surface area contributed by atoms with Crippen LogP contribution in [0.4, 0.5) is 0 Å². The maximum atomic E-state index is 14.0. The Morgan fingerprint density at radius 3 is 1.27 bits per heavy atom. The van der Waals surface area contributed by atoms with Crippen LogP contribution in [0.2, 0.25) is 0 Å². The molecule has 0 unspecified atom stereocenters. The minimum absolute atomic E-state index is 0.0547. The lowest BCUT2D eigenvalue weighted by Gasteiger charge is -2.35. The van der Waals surface area contributed by atoms with Gasteiger partial charge in [0.2, 0.25) is 0 Å². The number of halogens is 2. The lowest BCUT2D eigenvalue weighted by Crippen LogP contribution is -2.50. The fourth-order valence-corrected chi connectivity index (χ4v) is 6.22. The van der Waals surface area contributed by atoms with E-state index in [0.29, 0.717) is 37.3 Å². The molecule has 0 N–H and O–H groups in total. The summed E-state index contributed by atoms with van der Waals surface area (Å²) < 4.78 is 1.96. The number of aromatic nitrogens is 2. The molecule has 6 aromatic rings. The van der Waals surface area contributed by atoms with Crippen LogP contribution < -0.4 is 0 Å². The molecule has 0 saturated carbocycles. The van der Waals surface area contributed by atoms with Crippen molar-refractivity contribution >= 4 is 65.5 Å². The molecule has 44 heavy (non-hydrogen) atoms. The van der Waals surface area contributed by atoms with Crippen molar-refractivity contribution < 1.29 is 9.59 Å². The largest absolute Gasteiger partial charge is 0.335 e. The predicted molar refractivity (Wildman–Crippen MR) is 182 cm³/mol. The summed E-state index contributed by atoms with van der Waals surface area (Å²) in [5, 5.41) is 1.64. The van der Waals surface area contributed by atoms with Crippen molar-refractivity contribution in [2.24, 2.45) is 0 Å². The third-order valence-electron chi connectivity index (χ3n) is 8.03. The summed E-state index contributed by atoms with van der Waals surface area (Å²) in [5.74, 6) is -0.109. The van der Waals surface area contributed by atoms with E-state index in [0.717, 1.165) is 53.3 Å². The molecular weight excluding hydrogens is 680 g/mol. The molecule has 1 fully saturated rings. The van der Waals surface area contributed by atoms with E-state index >= 15 is 0 Å². The number of carbonyl (C=O) groups excluding carboxylic acids is 2. The summed E-state index contributed by atoms with van der Waals surface area (Å²) in [6.45, 7) is 1.77. The molecule has 1 aliphatic rings. The van der Waals surface area contributed by atoms with Crippen LogP contribution in [-0.2, 0) is 0 Å². The molecule has 0 aliphatic carbocycles. The maximum Gasteiger partial charge on any atom is 0.254 e. The molecule has 1 saturated heterocycles. The average molecular weight is 706 g/mol. The van der Waals surface area contributed by atoms with Crippen LogP contribution in [-0.4, -0.2) is 57.8 Å². The number of para-hydroxylation sites is 2. The summed E-state index contributed by atoms with van der Waals surface area (Å²) in [4.78, 5) is 41.3. The molecule has 2 aromatic heterocycles. The zero-order valence-electron chi connectivity index (χ0n) is 23.6. The molecule has 4 aromatic carbocycles. The quantitative estimate of drug-likeness (QED) is 0.185. The number of pyridine rings is 2. The van der Waals surface area contributed by atoms with Gasteiger partial charge in [-0.25, -0.2) is 9.97 Å². The highest BCUT2D eigenvalue weighted by Gasteiger charge is 2.28. The van der Waals surface area contributed by atoms with Gasteiger partial charge in [-0.15, -0.1) is 0 Å². The van der Waals surface area contributed by atoms with Crippen LogP contribution >= 0.6 is 31.9 Å². The standard InChI is InChI=1S/C36H26Br2N4O2/c37-25-13-9-23(10-14-25)33-21-29(27-5-1-3-7-31(27)39-33)35(43)41-17-19-42(20-18-41)36(44)30-22-34(24-11-15-26(38)16-12-24)40-32-8-4-2-6-28(30)32/h1-16,21-22H,17-20H2. The van der Waals surface area contributed by atoms with E-state index in [1.807, 2.05) is 119 Å². The summed E-state index contributed by atoms with van der Waals surface area (Å²) in [5.41, 5.74) is 6.16. The molecule has 8 heteroatoms. The highest BCUT2D eigenvalue weighted by molar-refractivity contribution is 9.10. The van der Waals surface area contributed by atoms with Crippen LogP contribution in [0.3, 0.4) is 0 Å². The Kier molecular flexibility index (Phi) is 7.70. The molecule has 0 radical (unpaired) electrons. The maximum absolute atomic E-state index is 14.0. The fourth-order valence-electron chi connectivity index (χ4n) is 5.70. The van der Waals surface area contributed by atoms with Crippen molar-refractivity contribution in [1.82, 2.24) is 19.8 Å². The number of nitrogens with zero attached hydrogens (tertiary/aromatic N) is 4. The van der Waals surface area contributed by atoms with Crippen molar-refractivity contribution in [3.8, 4) is 22.5 Å². The Labute approximate surface area is 271 Å². The Morgan fingerprint density at radius 1 is 0.523 bits per heavy atom. The third-order valence-corrected chi connectivity index (χ3v) is 9.08. The monoisotopic (exact) mass is 704 g/mol. The second-order valence-corrected chi connectivity index (χ2v) is 12.6. The molecule has 3 heterocycles. The SMILES string of the molecule is O=C(c1cc(-c2ccc(Br)cc2)nc2ccccc12)N1CCN(C(=O)c2cc(-c3ccc(Br)cc3)nc3ccccc23)CC1. The van der Waals surface area contributed by atoms with Crippen LogP contribution in [0.1, 0.15) is 20.7 Å². The first-order chi connectivity index (χ1) is 21.4. The van der Waals surface area contributed by atoms with Gasteiger partial charge < -0.3 is 9.80 Å². The van der Waals surface area contributed by atoms with Gasteiger partial charge in [-0.05, 0) is 48.5 Å². The minimum atomic E-state index is -0.0547. The molecule has 6 nitrogen and oxygen atoms in total. The molecule has 216 valence electrons. The van der Waals surface area contributed by atoms with Crippen molar-refractivity contribution in [3.05, 3.63) is 129 Å². The zero-order valence-corrected chi connectivity index (χ0v) is 26.8. The van der Waals surface area contributed by atoms with E-state index in [-0.39, 0.29) is 11.8 Å². The van der Waals surface area contributed by atoms with Gasteiger partial charge in [-0.1, -0.05) is 92.5 Å². The number of amides is 2. The Balaban J connectivity index is 1.15. The number of rotatable bonds is 4. The molecule has 0 bridgehead atoms. The summed E-state index contributed by atoms with van der Waals surface area (Å²) in [6, 6.07) is 35.1. The Hall–Kier alpha value is -4.40. The van der Waals surface area contributed by atoms with Crippen molar-refractivity contribution in [2.75, 3.05) is 26.2 Å². The molecule has 0 atom stereocenters. The van der Waals surface area contributed by atoms with Crippen LogP contribution in [0, 0.1) is 0 Å². The normalized spacial score (nSPS) is 13.4. The van der Waals surface area contributed by atoms with Crippen molar-refractivity contribution in [2.45, 2.75) is 0 Å². The first kappa shape index (κ1) is 28.4. The third kappa shape index (κ3) is 5.51. The molecule has 0 spiro atoms. The highest BCUT2D eigenvalue weighted by atomic mass is 79.9. The van der Waals surface area contributed by atoms with E-state index in [1.54, 1.807) is 0 Å². The number of benzene rings is 4. The van der Waals surface area contributed by atoms with Crippen LogP contribution in [0.5, 0.6) is 0 Å². The second-order valence-electron chi connectivity index (χ2n) is 10.7. The van der Waals surface area contributed by atoms with E-state index in [4.69, 9.17) is 9.97 Å². The number of piperazine rings is 1. The Bertz CT molecular complexity index is 1890. The first-order valence-electron chi connectivity index (χ1n) is 14.3. The van der Waals surface area contributed by atoms with Crippen molar-refractivity contribution in [1.29, 1.82) is 0 Å². The van der Waals surface area contributed by atoms with E-state index in [2.05, 4.69) is 31.9 Å². The van der Waals surface area contributed by atoms with Gasteiger partial charge in [0.15, 0.2) is 0 Å². The fraction of sp³-hybridized carbons (Fsp3) is 0.111. The van der Waals surface area contributed by atoms with Crippen LogP contribution in [0.15, 0.2) is 118 Å². The van der Waals surface area contributed by atoms with Crippen molar-refractivity contribution in [3.63, 3.8) is 0 Å². The van der Waals surface area contributed by atoms with E-state index in [1.165, 1.54) is 0 Å². The molecule has 7 rings (SSSR count). The van der Waals surface area contributed by atoms with Gasteiger partial charge in [-0.2, -0.15) is 0 Å². The lowest BCUT2D eigenvalue weighted by molar-refractivity contribution is 0.0537. The highest BCUT2D eigenvalue weighted by Crippen LogP contribution is 2.29. The number of carbonyl (C=O) groups is 2. The number of hydrogen-bond acceptors (Lipinski definition) is 4. The first-order valence-corrected chi connectivity index (χ1v) is 15.9. The smallest absolute Gasteiger partial charge is 0.254 e. The summed E-state index contributed by atoms with van der Waals surface area (Å²) in [7, 11) is 0. The summed E-state index contributed by atoms with van der Waals surface area (Å²) in [6.07, 6.45) is 0. The topological polar surface area (TPSA) is 66.4 Å². The second kappa shape index (κ2) is 11.9. The predicted octanol–water partition coefficient (Wildman–Crippen LogP) is 8.24. The minimum Gasteiger partial charge on any atom is -0.335 e. The zero-order chi connectivity index (χ0) is 30.2. The summed E-state index contributed by atoms with van der Waals surface area (Å²) >= 11 is 6.98. The van der Waals surface area contributed by atoms with Gasteiger partial charge in [0.1, 0.15) is 0 Å². The van der Waals surface area contributed by atoms with Gasteiger partial charge >= 0.3 is 0 Å². The van der Waals surface area contributed by atoms with E-state index in [9.17, 15) is 9.59 Å². The van der Waals surface area contributed by atoms with E-state index < -0.39 is 0 Å². The molecular formula is C36H26Br2N4O2. The van der Waals surface area contributed by atoms with Crippen LogP contribution in [0.25, 0.3) is 44.3 Å².